The molecule has 1 aliphatic heterocycles. The Hall–Kier alpha value is -2.40. The van der Waals surface area contributed by atoms with Gasteiger partial charge in [-0.2, -0.15) is 0 Å². The Morgan fingerprint density at radius 1 is 1.10 bits per heavy atom. The Bertz CT molecular complexity index is 870. The molecule has 1 fully saturated rings. The van der Waals surface area contributed by atoms with Crippen LogP contribution in [-0.4, -0.2) is 60.1 Å². The van der Waals surface area contributed by atoms with Gasteiger partial charge >= 0.3 is 0 Å². The number of benzene rings is 2. The summed E-state index contributed by atoms with van der Waals surface area (Å²) in [7, 11) is 1.41. The molecule has 0 amide bonds. The highest BCUT2D eigenvalue weighted by Crippen LogP contribution is 2.34. The van der Waals surface area contributed by atoms with Crippen LogP contribution < -0.4 is 4.74 Å². The lowest BCUT2D eigenvalue weighted by atomic mass is 9.89. The third kappa shape index (κ3) is 4.67. The van der Waals surface area contributed by atoms with Crippen LogP contribution in [0.3, 0.4) is 0 Å². The van der Waals surface area contributed by atoms with Gasteiger partial charge in [-0.3, -0.25) is 0 Å². The van der Waals surface area contributed by atoms with Gasteiger partial charge in [0.1, 0.15) is 36.3 Å². The average Bonchev–Trinajstić information content (AvgIpc) is 2.77. The van der Waals surface area contributed by atoms with Crippen molar-refractivity contribution in [3.63, 3.8) is 0 Å². The zero-order chi connectivity index (χ0) is 21.7. The molecular weight excluding hydrogens is 384 g/mol. The highest BCUT2D eigenvalue weighted by molar-refractivity contribution is 5.46. The van der Waals surface area contributed by atoms with Gasteiger partial charge in [-0.25, -0.2) is 0 Å². The molecule has 6 heteroatoms. The second-order valence-electron chi connectivity index (χ2n) is 7.27. The normalized spacial score (nSPS) is 26.2. The van der Waals surface area contributed by atoms with E-state index in [4.69, 9.17) is 20.6 Å². The molecule has 1 saturated heterocycles. The molecule has 0 bridgehead atoms. The van der Waals surface area contributed by atoms with E-state index in [1.165, 1.54) is 7.11 Å². The molecule has 1 unspecified atom stereocenters. The molecule has 0 saturated carbocycles. The zero-order valence-electron chi connectivity index (χ0n) is 17.2. The average molecular weight is 412 g/mol. The molecule has 0 aromatic heterocycles. The first-order valence-corrected chi connectivity index (χ1v) is 9.98. The lowest BCUT2D eigenvalue weighted by molar-refractivity contribution is -0.238. The van der Waals surface area contributed by atoms with E-state index in [1.807, 2.05) is 37.3 Å². The summed E-state index contributed by atoms with van der Waals surface area (Å²) in [4.78, 5) is 0. The summed E-state index contributed by atoms with van der Waals surface area (Å²) in [6.07, 6.45) is 1.52. The molecule has 6 nitrogen and oxygen atoms in total. The number of ether oxygens (including phenoxy) is 3. The van der Waals surface area contributed by atoms with Gasteiger partial charge in [0.2, 0.25) is 0 Å². The summed E-state index contributed by atoms with van der Waals surface area (Å²) in [5, 5.41) is 30.7. The van der Waals surface area contributed by atoms with E-state index in [0.29, 0.717) is 18.6 Å². The van der Waals surface area contributed by atoms with E-state index in [0.717, 1.165) is 22.4 Å². The van der Waals surface area contributed by atoms with Crippen molar-refractivity contribution in [1.29, 1.82) is 0 Å². The van der Waals surface area contributed by atoms with E-state index >= 15 is 0 Å². The summed E-state index contributed by atoms with van der Waals surface area (Å²) >= 11 is 0. The minimum atomic E-state index is -1.20. The van der Waals surface area contributed by atoms with Gasteiger partial charge in [-0.05, 0) is 48.2 Å². The molecule has 2 aromatic carbocycles. The maximum atomic E-state index is 10.6. The van der Waals surface area contributed by atoms with Crippen LogP contribution >= 0.6 is 0 Å². The summed E-state index contributed by atoms with van der Waals surface area (Å²) in [5.74, 6) is 3.50. The lowest BCUT2D eigenvalue weighted by Gasteiger charge is -2.41. The molecular formula is C24H28O6. The van der Waals surface area contributed by atoms with Gasteiger partial charge in [0, 0.05) is 12.7 Å². The molecule has 1 aliphatic rings. The molecule has 0 radical (unpaired) electrons. The quantitative estimate of drug-likeness (QED) is 0.602. The standard InChI is InChI=1S/C24H28O6/c1-4-16-8-9-17(23-21(26)22(27)24(28-3)20(14-25)30-23)13-18(16)12-15-6-10-19(11-7-15)29-5-2/h1,6-11,13,20-27H,5,12,14H2,2-3H3/t20-,21-,22?,23+,24-/m1/s1. The van der Waals surface area contributed by atoms with Gasteiger partial charge in [-0.1, -0.05) is 30.2 Å². The summed E-state index contributed by atoms with van der Waals surface area (Å²) in [6.45, 7) is 2.21. The fraction of sp³-hybridized carbons (Fsp3) is 0.417. The predicted octanol–water partition coefficient (Wildman–Crippen LogP) is 1.83. The number of terminal acetylenes is 1. The van der Waals surface area contributed by atoms with Crippen molar-refractivity contribution in [2.45, 2.75) is 43.9 Å². The zero-order valence-corrected chi connectivity index (χ0v) is 17.2. The maximum Gasteiger partial charge on any atom is 0.119 e. The van der Waals surface area contributed by atoms with Crippen LogP contribution in [0.25, 0.3) is 0 Å². The fourth-order valence-corrected chi connectivity index (χ4v) is 3.82. The Labute approximate surface area is 177 Å². The Morgan fingerprint density at radius 3 is 2.43 bits per heavy atom. The third-order valence-electron chi connectivity index (χ3n) is 5.38. The van der Waals surface area contributed by atoms with Gasteiger partial charge in [0.15, 0.2) is 0 Å². The molecule has 5 atom stereocenters. The van der Waals surface area contributed by atoms with Crippen LogP contribution in [0.15, 0.2) is 42.5 Å². The molecule has 0 spiro atoms. The Balaban J connectivity index is 1.87. The molecule has 2 aromatic rings. The maximum absolute atomic E-state index is 10.6. The topological polar surface area (TPSA) is 88.4 Å². The van der Waals surface area contributed by atoms with Gasteiger partial charge in [0.25, 0.3) is 0 Å². The van der Waals surface area contributed by atoms with Crippen LogP contribution in [-0.2, 0) is 15.9 Å². The van der Waals surface area contributed by atoms with Gasteiger partial charge in [0.05, 0.1) is 13.2 Å². The second kappa shape index (κ2) is 10.1. The smallest absolute Gasteiger partial charge is 0.119 e. The summed E-state index contributed by atoms with van der Waals surface area (Å²) < 4.78 is 16.6. The van der Waals surface area contributed by atoms with Crippen LogP contribution in [0.4, 0.5) is 0 Å². The molecule has 30 heavy (non-hydrogen) atoms. The Kier molecular flexibility index (Phi) is 7.48. The highest BCUT2D eigenvalue weighted by atomic mass is 16.6. The van der Waals surface area contributed by atoms with Crippen molar-refractivity contribution >= 4 is 0 Å². The first-order valence-electron chi connectivity index (χ1n) is 9.98. The van der Waals surface area contributed by atoms with E-state index < -0.39 is 30.5 Å². The van der Waals surface area contributed by atoms with Crippen LogP contribution in [0, 0.1) is 12.3 Å². The summed E-state index contributed by atoms with van der Waals surface area (Å²) in [5.41, 5.74) is 3.38. The highest BCUT2D eigenvalue weighted by Gasteiger charge is 2.45. The number of methoxy groups -OCH3 is 1. The molecule has 1 heterocycles. The van der Waals surface area contributed by atoms with Crippen LogP contribution in [0.5, 0.6) is 5.75 Å². The number of hydrogen-bond acceptors (Lipinski definition) is 6. The van der Waals surface area contributed by atoms with E-state index in [1.54, 1.807) is 12.1 Å². The largest absolute Gasteiger partial charge is 0.494 e. The third-order valence-corrected chi connectivity index (χ3v) is 5.38. The number of hydrogen-bond donors (Lipinski definition) is 3. The van der Waals surface area contributed by atoms with Gasteiger partial charge < -0.3 is 29.5 Å². The lowest BCUT2D eigenvalue weighted by Crippen LogP contribution is -2.56. The molecule has 3 rings (SSSR count). The second-order valence-corrected chi connectivity index (χ2v) is 7.27. The van der Waals surface area contributed by atoms with Crippen LogP contribution in [0.1, 0.15) is 35.3 Å². The van der Waals surface area contributed by atoms with Gasteiger partial charge in [-0.15, -0.1) is 6.42 Å². The van der Waals surface area contributed by atoms with E-state index in [2.05, 4.69) is 5.92 Å². The molecule has 3 N–H and O–H groups in total. The van der Waals surface area contributed by atoms with Crippen molar-refractivity contribution in [3.8, 4) is 18.1 Å². The predicted molar refractivity (Wildman–Crippen MR) is 112 cm³/mol. The van der Waals surface area contributed by atoms with Crippen molar-refractivity contribution in [1.82, 2.24) is 0 Å². The first kappa shape index (κ1) is 22.3. The minimum absolute atomic E-state index is 0.333. The number of rotatable bonds is 7. The molecule has 160 valence electrons. The molecule has 0 aliphatic carbocycles. The van der Waals surface area contributed by atoms with Crippen molar-refractivity contribution in [2.75, 3.05) is 20.3 Å². The minimum Gasteiger partial charge on any atom is -0.494 e. The number of aliphatic hydroxyl groups is 3. The fourth-order valence-electron chi connectivity index (χ4n) is 3.82. The van der Waals surface area contributed by atoms with Crippen LogP contribution in [0.2, 0.25) is 0 Å². The SMILES string of the molecule is C#Cc1ccc([C@@H]2O[C@H](CO)[C@@H](OC)C(O)[C@H]2O)cc1Cc1ccc(OCC)cc1. The first-order chi connectivity index (χ1) is 14.5. The van der Waals surface area contributed by atoms with Crippen molar-refractivity contribution in [3.05, 3.63) is 64.7 Å². The van der Waals surface area contributed by atoms with E-state index in [9.17, 15) is 15.3 Å². The monoisotopic (exact) mass is 412 g/mol. The van der Waals surface area contributed by atoms with E-state index in [-0.39, 0.29) is 6.61 Å². The number of aliphatic hydroxyl groups excluding tert-OH is 3. The summed E-state index contributed by atoms with van der Waals surface area (Å²) in [6, 6.07) is 13.3. The van der Waals surface area contributed by atoms with Crippen molar-refractivity contribution in [2.24, 2.45) is 0 Å². The van der Waals surface area contributed by atoms with Crippen molar-refractivity contribution < 1.29 is 29.5 Å². The Morgan fingerprint density at radius 2 is 1.83 bits per heavy atom.